The lowest BCUT2D eigenvalue weighted by Crippen LogP contribution is -2.02. The molecule has 0 aliphatic heterocycles. The molecule has 106 valence electrons. The van der Waals surface area contributed by atoms with Gasteiger partial charge in [-0.3, -0.25) is 0 Å². The number of nitrogens with one attached hydrogen (secondary N) is 1. The Balaban J connectivity index is 2.01. The summed E-state index contributed by atoms with van der Waals surface area (Å²) in [5.74, 6) is -2.41. The van der Waals surface area contributed by atoms with Crippen LogP contribution in [0.5, 0.6) is 11.6 Å². The summed E-state index contributed by atoms with van der Waals surface area (Å²) in [6.07, 6.45) is 1.57. The van der Waals surface area contributed by atoms with E-state index in [2.05, 4.69) is 10.3 Å². The van der Waals surface area contributed by atoms with E-state index in [0.717, 1.165) is 12.1 Å². The van der Waals surface area contributed by atoms with E-state index >= 15 is 0 Å². The van der Waals surface area contributed by atoms with Gasteiger partial charge < -0.3 is 15.2 Å². The first-order chi connectivity index (χ1) is 9.60. The molecule has 4 nitrogen and oxygen atoms in total. The summed E-state index contributed by atoms with van der Waals surface area (Å²) in [6.45, 7) is 2.61. The number of ether oxygens (including phenoxy) is 1. The van der Waals surface area contributed by atoms with E-state index in [4.69, 9.17) is 9.84 Å². The number of nitrogens with zero attached hydrogens (tertiary/aromatic N) is 1. The normalized spacial score (nSPS) is 10.3. The number of benzene rings is 1. The predicted molar refractivity (Wildman–Crippen MR) is 70.8 cm³/mol. The van der Waals surface area contributed by atoms with Crippen molar-refractivity contribution in [1.82, 2.24) is 4.98 Å². The van der Waals surface area contributed by atoms with E-state index in [0.29, 0.717) is 23.7 Å². The monoisotopic (exact) mass is 280 g/mol. The Hall–Kier alpha value is -2.37. The molecular formula is C14H14F2N2O2. The fourth-order valence-electron chi connectivity index (χ4n) is 1.64. The Bertz CT molecular complexity index is 565. The van der Waals surface area contributed by atoms with Crippen LogP contribution in [0.25, 0.3) is 0 Å². The number of aromatic hydroxyl groups is 1. The maximum Gasteiger partial charge on any atom is 0.213 e. The number of hydrogen-bond donors (Lipinski definition) is 2. The lowest BCUT2D eigenvalue weighted by Gasteiger charge is -2.08. The van der Waals surface area contributed by atoms with Gasteiger partial charge in [-0.25, -0.2) is 13.8 Å². The summed E-state index contributed by atoms with van der Waals surface area (Å²) < 4.78 is 31.5. The van der Waals surface area contributed by atoms with E-state index in [1.807, 2.05) is 6.92 Å². The molecule has 0 aliphatic carbocycles. The molecule has 0 aliphatic rings. The van der Waals surface area contributed by atoms with Crippen molar-refractivity contribution in [2.45, 2.75) is 13.5 Å². The van der Waals surface area contributed by atoms with E-state index in [9.17, 15) is 8.78 Å². The number of phenolic OH excluding ortho intramolecular Hbond substituents is 1. The van der Waals surface area contributed by atoms with Crippen LogP contribution in [0.2, 0.25) is 0 Å². The largest absolute Gasteiger partial charge is 0.503 e. The van der Waals surface area contributed by atoms with Gasteiger partial charge in [-0.05, 0) is 30.7 Å². The Morgan fingerprint density at radius 2 is 1.95 bits per heavy atom. The fourth-order valence-corrected chi connectivity index (χ4v) is 1.64. The quantitative estimate of drug-likeness (QED) is 0.883. The highest BCUT2D eigenvalue weighted by Crippen LogP contribution is 2.22. The van der Waals surface area contributed by atoms with Gasteiger partial charge in [0.25, 0.3) is 0 Å². The number of anilines is 1. The molecule has 0 amide bonds. The van der Waals surface area contributed by atoms with Crippen molar-refractivity contribution in [1.29, 1.82) is 0 Å². The van der Waals surface area contributed by atoms with Gasteiger partial charge in [-0.1, -0.05) is 0 Å². The number of halogens is 2. The van der Waals surface area contributed by atoms with Crippen molar-refractivity contribution in [3.05, 3.63) is 47.7 Å². The first-order valence-electron chi connectivity index (χ1n) is 6.09. The number of pyridine rings is 1. The van der Waals surface area contributed by atoms with E-state index in [-0.39, 0.29) is 6.54 Å². The molecule has 2 N–H and O–H groups in total. The second-order valence-corrected chi connectivity index (χ2v) is 4.08. The highest BCUT2D eigenvalue weighted by atomic mass is 19.1. The molecule has 20 heavy (non-hydrogen) atoms. The molecule has 0 spiro atoms. The predicted octanol–water partition coefficient (Wildman–Crippen LogP) is 3.08. The third kappa shape index (κ3) is 3.34. The molecule has 1 heterocycles. The Labute approximate surface area is 115 Å². The summed E-state index contributed by atoms with van der Waals surface area (Å²) in [4.78, 5) is 4.06. The summed E-state index contributed by atoms with van der Waals surface area (Å²) in [6, 6.07) is 5.61. The van der Waals surface area contributed by atoms with Gasteiger partial charge in [0.2, 0.25) is 5.88 Å². The number of hydrogen-bond acceptors (Lipinski definition) is 4. The van der Waals surface area contributed by atoms with Crippen LogP contribution in [0, 0.1) is 11.6 Å². The first kappa shape index (κ1) is 14.0. The highest BCUT2D eigenvalue weighted by molar-refractivity contribution is 5.43. The number of aromatic nitrogens is 1. The summed E-state index contributed by atoms with van der Waals surface area (Å²) in [7, 11) is 0. The molecule has 6 heteroatoms. The molecule has 0 bridgehead atoms. The van der Waals surface area contributed by atoms with Crippen LogP contribution >= 0.6 is 0 Å². The number of phenols is 1. The molecule has 0 saturated heterocycles. The van der Waals surface area contributed by atoms with Crippen LogP contribution in [0.4, 0.5) is 14.5 Å². The Kier molecular flexibility index (Phi) is 4.34. The van der Waals surface area contributed by atoms with Crippen LogP contribution in [0.15, 0.2) is 30.5 Å². The minimum Gasteiger partial charge on any atom is -0.503 e. The zero-order chi connectivity index (χ0) is 14.5. The minimum atomic E-state index is -0.980. The van der Waals surface area contributed by atoms with Crippen molar-refractivity contribution in [3.8, 4) is 11.6 Å². The van der Waals surface area contributed by atoms with Crippen LogP contribution in [-0.4, -0.2) is 16.7 Å². The Morgan fingerprint density at radius 3 is 2.50 bits per heavy atom. The van der Waals surface area contributed by atoms with Crippen molar-refractivity contribution < 1.29 is 18.6 Å². The second-order valence-electron chi connectivity index (χ2n) is 4.08. The van der Waals surface area contributed by atoms with Crippen LogP contribution in [0.3, 0.4) is 0 Å². The highest BCUT2D eigenvalue weighted by Gasteiger charge is 2.09. The van der Waals surface area contributed by atoms with Crippen molar-refractivity contribution in [2.75, 3.05) is 11.9 Å². The van der Waals surface area contributed by atoms with Gasteiger partial charge in [0.05, 0.1) is 18.5 Å². The van der Waals surface area contributed by atoms with Gasteiger partial charge in [-0.2, -0.15) is 0 Å². The summed E-state index contributed by atoms with van der Waals surface area (Å²) >= 11 is 0. The maximum absolute atomic E-state index is 13.2. The molecular weight excluding hydrogens is 266 g/mol. The zero-order valence-corrected chi connectivity index (χ0v) is 10.9. The fraction of sp³-hybridized carbons (Fsp3) is 0.214. The van der Waals surface area contributed by atoms with Gasteiger partial charge in [0.15, 0.2) is 17.4 Å². The van der Waals surface area contributed by atoms with Crippen LogP contribution in [-0.2, 0) is 6.54 Å². The molecule has 0 radical (unpaired) electrons. The standard InChI is InChI=1S/C14H14F2N2O2/c1-2-20-13-4-3-10(8-18-13)17-7-9-5-11(15)14(19)12(16)6-9/h3-6,8,17,19H,2,7H2,1H3. The summed E-state index contributed by atoms with van der Waals surface area (Å²) in [5.41, 5.74) is 1.08. The summed E-state index contributed by atoms with van der Waals surface area (Å²) in [5, 5.41) is 12.0. The van der Waals surface area contributed by atoms with E-state index in [1.165, 1.54) is 0 Å². The lowest BCUT2D eigenvalue weighted by atomic mass is 10.2. The van der Waals surface area contributed by atoms with Gasteiger partial charge in [0, 0.05) is 12.6 Å². The van der Waals surface area contributed by atoms with Gasteiger partial charge in [0.1, 0.15) is 0 Å². The minimum absolute atomic E-state index is 0.212. The topological polar surface area (TPSA) is 54.4 Å². The first-order valence-corrected chi connectivity index (χ1v) is 6.09. The van der Waals surface area contributed by atoms with Crippen molar-refractivity contribution in [2.24, 2.45) is 0 Å². The molecule has 1 aromatic carbocycles. The third-order valence-corrected chi connectivity index (χ3v) is 2.60. The van der Waals surface area contributed by atoms with Gasteiger partial charge >= 0.3 is 0 Å². The number of rotatable bonds is 5. The molecule has 2 aromatic rings. The lowest BCUT2D eigenvalue weighted by molar-refractivity contribution is 0.327. The second kappa shape index (κ2) is 6.18. The van der Waals surface area contributed by atoms with Crippen LogP contribution < -0.4 is 10.1 Å². The molecule has 0 atom stereocenters. The average Bonchev–Trinajstić information content (AvgIpc) is 2.44. The molecule has 0 saturated carbocycles. The zero-order valence-electron chi connectivity index (χ0n) is 10.9. The molecule has 1 aromatic heterocycles. The maximum atomic E-state index is 13.2. The van der Waals surface area contributed by atoms with Crippen molar-refractivity contribution >= 4 is 5.69 Å². The smallest absolute Gasteiger partial charge is 0.213 e. The Morgan fingerprint density at radius 1 is 1.25 bits per heavy atom. The van der Waals surface area contributed by atoms with Crippen molar-refractivity contribution in [3.63, 3.8) is 0 Å². The average molecular weight is 280 g/mol. The van der Waals surface area contributed by atoms with Gasteiger partial charge in [-0.15, -0.1) is 0 Å². The molecule has 2 rings (SSSR count). The molecule has 0 unspecified atom stereocenters. The van der Waals surface area contributed by atoms with Crippen LogP contribution in [0.1, 0.15) is 12.5 Å². The molecule has 0 fully saturated rings. The van der Waals surface area contributed by atoms with E-state index < -0.39 is 17.4 Å². The third-order valence-electron chi connectivity index (χ3n) is 2.60. The van der Waals surface area contributed by atoms with E-state index in [1.54, 1.807) is 18.3 Å². The SMILES string of the molecule is CCOc1ccc(NCc2cc(F)c(O)c(F)c2)cn1.